The largest absolute Gasteiger partial charge is 0.591 e. The predicted octanol–water partition coefficient (Wildman–Crippen LogP) is 3.98. The molecule has 0 saturated heterocycles. The summed E-state index contributed by atoms with van der Waals surface area (Å²) in [5, 5.41) is 0. The third-order valence-electron chi connectivity index (χ3n) is 2.46. The first-order valence-electron chi connectivity index (χ1n) is 6.19. The average molecular weight is 265 g/mol. The zero-order valence-corrected chi connectivity index (χ0v) is 13.0. The lowest BCUT2D eigenvalue weighted by molar-refractivity contribution is 0.556. The van der Waals surface area contributed by atoms with Crippen LogP contribution in [0.25, 0.3) is 0 Å². The van der Waals surface area contributed by atoms with Crippen molar-refractivity contribution in [1.29, 1.82) is 0 Å². The summed E-state index contributed by atoms with van der Waals surface area (Å²) in [5.41, 5.74) is 1.82. The Bertz CT molecular complexity index is 412. The second-order valence-electron chi connectivity index (χ2n) is 6.42. The molecule has 0 N–H and O–H groups in total. The fourth-order valence-electron chi connectivity index (χ4n) is 1.44. The summed E-state index contributed by atoms with van der Waals surface area (Å²) in [5.74, 6) is 0. The van der Waals surface area contributed by atoms with Gasteiger partial charge in [0, 0.05) is 11.0 Å². The summed E-state index contributed by atoms with van der Waals surface area (Å²) in [6.45, 7) is 12.1. The maximum absolute atomic E-state index is 12.2. The number of benzene rings is 1. The maximum atomic E-state index is 12.2. The monoisotopic (exact) mass is 265 g/mol. The van der Waals surface area contributed by atoms with Gasteiger partial charge in [0.1, 0.15) is 21.8 Å². The van der Waals surface area contributed by atoms with Crippen LogP contribution in [0.5, 0.6) is 0 Å². The van der Waals surface area contributed by atoms with E-state index < -0.39 is 11.4 Å². The highest BCUT2D eigenvalue weighted by Crippen LogP contribution is 2.26. The van der Waals surface area contributed by atoms with Crippen LogP contribution in [0, 0.1) is 5.41 Å². The van der Waals surface area contributed by atoms with Crippen LogP contribution >= 0.6 is 0 Å². The molecular formula is C15H23NOS. The Kier molecular flexibility index (Phi) is 4.62. The molecule has 0 aromatic heterocycles. The molecule has 0 amide bonds. The fraction of sp³-hybridized carbons (Fsp3) is 0.533. The van der Waals surface area contributed by atoms with E-state index in [0.29, 0.717) is 0 Å². The van der Waals surface area contributed by atoms with E-state index >= 15 is 0 Å². The first kappa shape index (κ1) is 15.3. The van der Waals surface area contributed by atoms with E-state index in [1.165, 1.54) is 0 Å². The molecule has 0 aliphatic heterocycles. The molecule has 0 radical (unpaired) electrons. The van der Waals surface area contributed by atoms with Crippen molar-refractivity contribution >= 4 is 17.1 Å². The second kappa shape index (κ2) is 5.45. The van der Waals surface area contributed by atoms with E-state index in [2.05, 4.69) is 25.2 Å². The van der Waals surface area contributed by atoms with Crippen molar-refractivity contribution in [2.24, 2.45) is 9.81 Å². The standard InChI is InChI=1S/C15H23NOS/c1-14(2,3)13(12-10-8-7-9-11-12)16-18(17)15(4,5)6/h7-11H,1-6H3/b16-13+/t18-/m0/s1. The van der Waals surface area contributed by atoms with E-state index in [0.717, 1.165) is 11.3 Å². The Morgan fingerprint density at radius 3 is 1.89 bits per heavy atom. The Labute approximate surface area is 114 Å². The quantitative estimate of drug-likeness (QED) is 0.588. The molecule has 1 atom stereocenters. The zero-order valence-electron chi connectivity index (χ0n) is 12.2. The van der Waals surface area contributed by atoms with Crippen molar-refractivity contribution in [3.05, 3.63) is 35.9 Å². The van der Waals surface area contributed by atoms with E-state index in [4.69, 9.17) is 0 Å². The molecule has 2 nitrogen and oxygen atoms in total. The van der Waals surface area contributed by atoms with Crippen LogP contribution in [0.3, 0.4) is 0 Å². The summed E-state index contributed by atoms with van der Waals surface area (Å²) in [7, 11) is 0. The molecule has 0 saturated carbocycles. The second-order valence-corrected chi connectivity index (χ2v) is 8.32. The highest BCUT2D eigenvalue weighted by molar-refractivity contribution is 7.91. The summed E-state index contributed by atoms with van der Waals surface area (Å²) in [4.78, 5) is 0. The van der Waals surface area contributed by atoms with Gasteiger partial charge in [0.15, 0.2) is 0 Å². The first-order chi connectivity index (χ1) is 8.12. The Balaban J connectivity index is 3.21. The molecule has 0 aliphatic carbocycles. The molecule has 1 aromatic carbocycles. The van der Waals surface area contributed by atoms with Crippen LogP contribution in [0.15, 0.2) is 34.7 Å². The van der Waals surface area contributed by atoms with Crippen LogP contribution in [-0.4, -0.2) is 15.0 Å². The molecular weight excluding hydrogens is 242 g/mol. The van der Waals surface area contributed by atoms with Crippen LogP contribution in [0.1, 0.15) is 47.1 Å². The van der Waals surface area contributed by atoms with Crippen molar-refractivity contribution in [2.45, 2.75) is 46.3 Å². The van der Waals surface area contributed by atoms with Crippen LogP contribution in [0.4, 0.5) is 0 Å². The van der Waals surface area contributed by atoms with Gasteiger partial charge in [0.25, 0.3) is 0 Å². The molecule has 0 bridgehead atoms. The lowest BCUT2D eigenvalue weighted by Gasteiger charge is -2.24. The van der Waals surface area contributed by atoms with Gasteiger partial charge in [-0.25, -0.2) is 0 Å². The molecule has 100 valence electrons. The van der Waals surface area contributed by atoms with Gasteiger partial charge >= 0.3 is 0 Å². The van der Waals surface area contributed by atoms with Gasteiger partial charge in [-0.05, 0) is 20.8 Å². The van der Waals surface area contributed by atoms with Gasteiger partial charge in [0.2, 0.25) is 0 Å². The van der Waals surface area contributed by atoms with Gasteiger partial charge in [0.05, 0.1) is 0 Å². The van der Waals surface area contributed by atoms with E-state index in [-0.39, 0.29) is 10.2 Å². The van der Waals surface area contributed by atoms with Crippen molar-refractivity contribution in [1.82, 2.24) is 0 Å². The lowest BCUT2D eigenvalue weighted by atomic mass is 9.86. The number of hydrogen-bond acceptors (Lipinski definition) is 2. The third-order valence-corrected chi connectivity index (χ3v) is 3.85. The van der Waals surface area contributed by atoms with E-state index in [9.17, 15) is 4.55 Å². The van der Waals surface area contributed by atoms with Gasteiger partial charge in [-0.3, -0.25) is 0 Å². The van der Waals surface area contributed by atoms with Crippen molar-refractivity contribution < 1.29 is 4.55 Å². The van der Waals surface area contributed by atoms with E-state index in [1.54, 1.807) is 0 Å². The average Bonchev–Trinajstić information content (AvgIpc) is 2.23. The molecule has 0 fully saturated rings. The molecule has 18 heavy (non-hydrogen) atoms. The Hall–Kier alpha value is -0.800. The topological polar surface area (TPSA) is 35.4 Å². The maximum Gasteiger partial charge on any atom is 0.144 e. The summed E-state index contributed by atoms with van der Waals surface area (Å²) in [6.07, 6.45) is 0. The van der Waals surface area contributed by atoms with Gasteiger partial charge in [-0.2, -0.15) is 0 Å². The molecule has 0 spiro atoms. The van der Waals surface area contributed by atoms with Gasteiger partial charge in [-0.15, -0.1) is 0 Å². The smallest absolute Gasteiger partial charge is 0.144 e. The fourth-order valence-corrected chi connectivity index (χ4v) is 2.26. The number of nitrogens with zero attached hydrogens (tertiary/aromatic N) is 1. The number of hydrogen-bond donors (Lipinski definition) is 0. The van der Waals surface area contributed by atoms with Gasteiger partial charge in [-0.1, -0.05) is 55.5 Å². The Morgan fingerprint density at radius 2 is 1.50 bits per heavy atom. The minimum absolute atomic E-state index is 0.123. The molecule has 1 aromatic rings. The van der Waals surface area contributed by atoms with Crippen LogP contribution in [0.2, 0.25) is 0 Å². The normalized spacial score (nSPS) is 15.6. The minimum atomic E-state index is -1.23. The van der Waals surface area contributed by atoms with Crippen LogP contribution < -0.4 is 0 Å². The van der Waals surface area contributed by atoms with E-state index in [1.807, 2.05) is 51.1 Å². The van der Waals surface area contributed by atoms with Gasteiger partial charge < -0.3 is 4.55 Å². The number of rotatable bonds is 2. The lowest BCUT2D eigenvalue weighted by Crippen LogP contribution is -2.30. The molecule has 0 unspecified atom stereocenters. The zero-order chi connectivity index (χ0) is 14.0. The molecule has 0 heterocycles. The third kappa shape index (κ3) is 4.14. The highest BCUT2D eigenvalue weighted by atomic mass is 32.2. The Morgan fingerprint density at radius 1 is 1.00 bits per heavy atom. The molecule has 3 heteroatoms. The summed E-state index contributed by atoms with van der Waals surface area (Å²) >= 11 is -1.23. The molecule has 1 rings (SSSR count). The predicted molar refractivity (Wildman–Crippen MR) is 80.3 cm³/mol. The minimum Gasteiger partial charge on any atom is -0.591 e. The van der Waals surface area contributed by atoms with Crippen molar-refractivity contribution in [3.63, 3.8) is 0 Å². The van der Waals surface area contributed by atoms with Crippen molar-refractivity contribution in [2.75, 3.05) is 0 Å². The van der Waals surface area contributed by atoms with Crippen LogP contribution in [-0.2, 0) is 11.4 Å². The molecule has 0 aliphatic rings. The summed E-state index contributed by atoms with van der Waals surface area (Å²) in [6, 6.07) is 9.98. The highest BCUT2D eigenvalue weighted by Gasteiger charge is 2.30. The first-order valence-corrected chi connectivity index (χ1v) is 7.29. The summed E-state index contributed by atoms with van der Waals surface area (Å²) < 4.78 is 16.4. The van der Waals surface area contributed by atoms with Crippen molar-refractivity contribution in [3.8, 4) is 0 Å². The SMILES string of the molecule is CC(C)(C)/C(=N/[S@@+]([O-])C(C)(C)C)c1ccccc1.